The van der Waals surface area contributed by atoms with Gasteiger partial charge in [-0.15, -0.1) is 0 Å². The van der Waals surface area contributed by atoms with E-state index in [4.69, 9.17) is 5.73 Å². The molecule has 1 saturated carbocycles. The third-order valence-electron chi connectivity index (χ3n) is 3.53. The molecule has 0 spiro atoms. The molecule has 1 aromatic heterocycles. The minimum atomic E-state index is -0.193. The summed E-state index contributed by atoms with van der Waals surface area (Å²) < 4.78 is 0. The number of nitrogen functional groups attached to an aromatic ring is 1. The number of anilines is 2. The van der Waals surface area contributed by atoms with Gasteiger partial charge in [-0.1, -0.05) is 24.2 Å². The highest BCUT2D eigenvalue weighted by Gasteiger charge is 2.27. The fraction of sp³-hybridized carbons (Fsp3) is 0.667. The highest BCUT2D eigenvalue weighted by Crippen LogP contribution is 2.27. The van der Waals surface area contributed by atoms with E-state index in [-0.39, 0.29) is 30.3 Å². The van der Waals surface area contributed by atoms with Gasteiger partial charge in [0.2, 0.25) is 0 Å². The molecule has 0 bridgehead atoms. The Morgan fingerprint density at radius 2 is 2.26 bits per heavy atom. The molecule has 19 heavy (non-hydrogen) atoms. The molecule has 2 atom stereocenters. The average molecular weight is 284 g/mol. The van der Waals surface area contributed by atoms with Crippen molar-refractivity contribution in [1.82, 2.24) is 10.3 Å². The number of carbonyl (C=O) groups is 1. The van der Waals surface area contributed by atoms with Crippen molar-refractivity contribution in [2.45, 2.75) is 31.7 Å². The van der Waals surface area contributed by atoms with Crippen molar-refractivity contribution in [3.8, 4) is 0 Å². The van der Waals surface area contributed by atoms with Crippen molar-refractivity contribution >= 4 is 28.2 Å². The van der Waals surface area contributed by atoms with Gasteiger partial charge in [-0.25, -0.2) is 4.98 Å². The van der Waals surface area contributed by atoms with Gasteiger partial charge in [0.1, 0.15) is 10.7 Å². The lowest BCUT2D eigenvalue weighted by molar-refractivity contribution is 0.0877. The van der Waals surface area contributed by atoms with Gasteiger partial charge in [0, 0.05) is 25.6 Å². The Morgan fingerprint density at radius 1 is 1.53 bits per heavy atom. The van der Waals surface area contributed by atoms with Crippen LogP contribution in [0, 0.1) is 5.92 Å². The second kappa shape index (κ2) is 6.21. The van der Waals surface area contributed by atoms with Crippen LogP contribution in [-0.2, 0) is 0 Å². The van der Waals surface area contributed by atoms with Gasteiger partial charge in [0.15, 0.2) is 5.13 Å². The molecule has 6 nitrogen and oxygen atoms in total. The number of amides is 1. The lowest BCUT2D eigenvalue weighted by atomic mass is 9.85. The van der Waals surface area contributed by atoms with Gasteiger partial charge in [-0.2, -0.15) is 0 Å². The Morgan fingerprint density at radius 3 is 2.89 bits per heavy atom. The van der Waals surface area contributed by atoms with Crippen LogP contribution < -0.4 is 16.4 Å². The number of nitrogens with one attached hydrogen (secondary N) is 2. The van der Waals surface area contributed by atoms with E-state index in [1.807, 2.05) is 0 Å². The fourth-order valence-corrected chi connectivity index (χ4v) is 3.19. The number of thiazole rings is 1. The smallest absolute Gasteiger partial charge is 0.265 e. The van der Waals surface area contributed by atoms with Gasteiger partial charge in [0.25, 0.3) is 5.91 Å². The van der Waals surface area contributed by atoms with Gasteiger partial charge >= 0.3 is 0 Å². The van der Waals surface area contributed by atoms with Crippen LogP contribution in [0.4, 0.5) is 10.9 Å². The first-order valence-electron chi connectivity index (χ1n) is 6.51. The maximum absolute atomic E-state index is 12.2. The monoisotopic (exact) mass is 284 g/mol. The normalized spacial score (nSPS) is 23.1. The zero-order chi connectivity index (χ0) is 13.8. The van der Waals surface area contributed by atoms with Crippen LogP contribution in [0.3, 0.4) is 0 Å². The van der Waals surface area contributed by atoms with Crippen molar-refractivity contribution < 1.29 is 9.90 Å². The molecule has 1 amide bonds. The predicted octanol–water partition coefficient (Wildman–Crippen LogP) is 1.05. The quantitative estimate of drug-likeness (QED) is 0.662. The third kappa shape index (κ3) is 3.16. The number of hydrogen-bond donors (Lipinski definition) is 4. The third-order valence-corrected chi connectivity index (χ3v) is 4.62. The highest BCUT2D eigenvalue weighted by atomic mass is 32.1. The lowest BCUT2D eigenvalue weighted by Gasteiger charge is -2.30. The number of carbonyl (C=O) groups excluding carboxylic acids is 1. The van der Waals surface area contributed by atoms with Crippen molar-refractivity contribution in [2.75, 3.05) is 24.7 Å². The highest BCUT2D eigenvalue weighted by molar-refractivity contribution is 7.18. The maximum atomic E-state index is 12.2. The zero-order valence-corrected chi connectivity index (χ0v) is 11.8. The van der Waals surface area contributed by atoms with Crippen LogP contribution in [0.5, 0.6) is 0 Å². The first-order chi connectivity index (χ1) is 9.15. The fourth-order valence-electron chi connectivity index (χ4n) is 2.45. The topological polar surface area (TPSA) is 100 Å². The van der Waals surface area contributed by atoms with Crippen molar-refractivity contribution in [2.24, 2.45) is 5.92 Å². The summed E-state index contributed by atoms with van der Waals surface area (Å²) in [6.45, 7) is 0.116. The molecule has 1 aliphatic carbocycles. The Balaban J connectivity index is 2.05. The molecule has 1 heterocycles. The number of rotatable bonds is 4. The molecule has 1 fully saturated rings. The van der Waals surface area contributed by atoms with E-state index in [2.05, 4.69) is 15.6 Å². The minimum absolute atomic E-state index is 0.0331. The van der Waals surface area contributed by atoms with Crippen molar-refractivity contribution in [3.63, 3.8) is 0 Å². The van der Waals surface area contributed by atoms with Gasteiger partial charge in [0.05, 0.1) is 0 Å². The summed E-state index contributed by atoms with van der Waals surface area (Å²) >= 11 is 1.24. The number of nitrogens with two attached hydrogens (primary N) is 1. The molecule has 7 heteroatoms. The lowest BCUT2D eigenvalue weighted by Crippen LogP contribution is -2.43. The molecular formula is C12H20N4O2S. The molecule has 0 radical (unpaired) electrons. The Hall–Kier alpha value is -1.34. The Bertz CT molecular complexity index is 449. The van der Waals surface area contributed by atoms with E-state index in [1.54, 1.807) is 7.05 Å². The first-order valence-corrected chi connectivity index (χ1v) is 7.33. The number of hydrogen-bond acceptors (Lipinski definition) is 6. The van der Waals surface area contributed by atoms with E-state index in [1.165, 1.54) is 11.3 Å². The van der Waals surface area contributed by atoms with Gasteiger partial charge in [-0.05, 0) is 12.8 Å². The first kappa shape index (κ1) is 14.1. The van der Waals surface area contributed by atoms with Crippen LogP contribution in [0.2, 0.25) is 0 Å². The van der Waals surface area contributed by atoms with Gasteiger partial charge < -0.3 is 21.5 Å². The maximum Gasteiger partial charge on any atom is 0.265 e. The van der Waals surface area contributed by atoms with E-state index in [0.717, 1.165) is 25.7 Å². The molecule has 2 rings (SSSR count). The molecule has 5 N–H and O–H groups in total. The largest absolute Gasteiger partial charge is 0.396 e. The van der Waals surface area contributed by atoms with E-state index < -0.39 is 0 Å². The molecule has 0 aromatic carbocycles. The molecule has 0 aliphatic heterocycles. The molecule has 1 aliphatic rings. The van der Waals surface area contributed by atoms with Crippen LogP contribution in [0.1, 0.15) is 35.4 Å². The molecule has 1 aromatic rings. The second-order valence-corrected chi connectivity index (χ2v) is 5.79. The SMILES string of the molecule is CNc1nc(N)c(C(=O)NC2CCCCC2CO)s1. The Kier molecular flexibility index (Phi) is 4.60. The van der Waals surface area contributed by atoms with E-state index >= 15 is 0 Å². The minimum Gasteiger partial charge on any atom is -0.396 e. The standard InChI is InChI=1S/C12H20N4O2S/c1-14-12-16-10(13)9(19-12)11(18)15-8-5-3-2-4-7(8)6-17/h7-8,17H,2-6,13H2,1H3,(H,14,16)(H,15,18). The van der Waals surface area contributed by atoms with Crippen molar-refractivity contribution in [3.05, 3.63) is 4.88 Å². The van der Waals surface area contributed by atoms with Crippen LogP contribution in [-0.4, -0.2) is 35.7 Å². The number of aromatic nitrogens is 1. The molecule has 106 valence electrons. The average Bonchev–Trinajstić information content (AvgIpc) is 2.80. The zero-order valence-electron chi connectivity index (χ0n) is 11.0. The Labute approximate surface area is 116 Å². The van der Waals surface area contributed by atoms with Gasteiger partial charge in [-0.3, -0.25) is 4.79 Å². The van der Waals surface area contributed by atoms with Crippen LogP contribution in [0.15, 0.2) is 0 Å². The summed E-state index contributed by atoms with van der Waals surface area (Å²) in [5.41, 5.74) is 5.74. The van der Waals surface area contributed by atoms with Crippen LogP contribution in [0.25, 0.3) is 0 Å². The summed E-state index contributed by atoms with van der Waals surface area (Å²) in [5.74, 6) is 0.209. The van der Waals surface area contributed by atoms with E-state index in [0.29, 0.717) is 10.0 Å². The summed E-state index contributed by atoms with van der Waals surface area (Å²) in [5, 5.41) is 15.8. The number of nitrogens with zero attached hydrogens (tertiary/aromatic N) is 1. The molecule has 2 unspecified atom stereocenters. The summed E-state index contributed by atoms with van der Waals surface area (Å²) in [7, 11) is 1.74. The summed E-state index contributed by atoms with van der Waals surface area (Å²) in [6, 6.07) is 0.0331. The predicted molar refractivity (Wildman–Crippen MR) is 76.4 cm³/mol. The summed E-state index contributed by atoms with van der Waals surface area (Å²) in [6.07, 6.45) is 4.07. The van der Waals surface area contributed by atoms with Crippen molar-refractivity contribution in [1.29, 1.82) is 0 Å². The van der Waals surface area contributed by atoms with Crippen LogP contribution >= 0.6 is 11.3 Å². The second-order valence-electron chi connectivity index (χ2n) is 4.79. The number of aliphatic hydroxyl groups is 1. The molecule has 0 saturated heterocycles. The summed E-state index contributed by atoms with van der Waals surface area (Å²) in [4.78, 5) is 16.7. The van der Waals surface area contributed by atoms with E-state index in [9.17, 15) is 9.90 Å². The molecular weight excluding hydrogens is 264 g/mol. The number of aliphatic hydroxyl groups excluding tert-OH is 1.